The van der Waals surface area contributed by atoms with E-state index in [1.165, 1.54) is 44.9 Å². The minimum Gasteiger partial charge on any atom is -0.459 e. The zero-order valence-electron chi connectivity index (χ0n) is 10.8. The minimum absolute atomic E-state index is 0.0107. The topological polar surface area (TPSA) is 18.5 Å². The smallest absolute Gasteiger partial charge is 0.239 e. The molecule has 0 aliphatic carbocycles. The van der Waals surface area contributed by atoms with Gasteiger partial charge < -0.3 is 9.47 Å². The van der Waals surface area contributed by atoms with Crippen molar-refractivity contribution in [2.75, 3.05) is 0 Å². The van der Waals surface area contributed by atoms with Crippen LogP contribution in [0.4, 0.5) is 0 Å². The Balaban J connectivity index is 2.19. The molecule has 1 aliphatic heterocycles. The highest BCUT2D eigenvalue weighted by Crippen LogP contribution is 2.25. The van der Waals surface area contributed by atoms with Crippen LogP contribution >= 0.6 is 0 Å². The Morgan fingerprint density at radius 2 is 1.56 bits per heavy atom. The second kappa shape index (κ2) is 8.49. The van der Waals surface area contributed by atoms with E-state index < -0.39 is 0 Å². The molecule has 1 unspecified atom stereocenters. The lowest BCUT2D eigenvalue weighted by Crippen LogP contribution is -2.14. The minimum atomic E-state index is -0.0107. The number of hydrogen-bond donors (Lipinski definition) is 0. The summed E-state index contributed by atoms with van der Waals surface area (Å²) in [7, 11) is 0. The molecule has 0 spiro atoms. The highest BCUT2D eigenvalue weighted by molar-refractivity contribution is 4.73. The third-order valence-electron chi connectivity index (χ3n) is 3.22. The summed E-state index contributed by atoms with van der Waals surface area (Å²) in [6.07, 6.45) is 13.6. The van der Waals surface area contributed by atoms with Crippen LogP contribution in [0, 0.1) is 5.92 Å². The predicted octanol–water partition coefficient (Wildman–Crippen LogP) is 4.61. The SMILES string of the molecule is CCCCCC(CCCC)CC1OC=CO1. The van der Waals surface area contributed by atoms with Crippen LogP contribution in [0.15, 0.2) is 12.5 Å². The fourth-order valence-electron chi connectivity index (χ4n) is 2.21. The molecule has 0 aromatic rings. The standard InChI is InChI=1S/C14H26O2/c1-3-5-7-9-13(8-6-4-2)12-14-15-10-11-16-14/h10-11,13-14H,3-9,12H2,1-2H3. The van der Waals surface area contributed by atoms with Gasteiger partial charge in [-0.25, -0.2) is 0 Å². The van der Waals surface area contributed by atoms with Crippen molar-refractivity contribution >= 4 is 0 Å². The van der Waals surface area contributed by atoms with Crippen LogP contribution in [0.1, 0.15) is 65.2 Å². The summed E-state index contributed by atoms with van der Waals surface area (Å²) < 4.78 is 10.7. The van der Waals surface area contributed by atoms with Crippen molar-refractivity contribution in [1.29, 1.82) is 0 Å². The Hall–Kier alpha value is -0.660. The molecule has 0 N–H and O–H groups in total. The number of rotatable bonds is 9. The predicted molar refractivity (Wildman–Crippen MR) is 66.9 cm³/mol. The molecule has 0 saturated carbocycles. The second-order valence-electron chi connectivity index (χ2n) is 4.71. The van der Waals surface area contributed by atoms with Crippen molar-refractivity contribution in [1.82, 2.24) is 0 Å². The second-order valence-corrected chi connectivity index (χ2v) is 4.71. The molecular formula is C14H26O2. The maximum atomic E-state index is 5.37. The maximum Gasteiger partial charge on any atom is 0.239 e. The summed E-state index contributed by atoms with van der Waals surface area (Å²) in [4.78, 5) is 0. The monoisotopic (exact) mass is 226 g/mol. The van der Waals surface area contributed by atoms with Crippen molar-refractivity contribution < 1.29 is 9.47 Å². The van der Waals surface area contributed by atoms with Crippen LogP contribution in [0.2, 0.25) is 0 Å². The van der Waals surface area contributed by atoms with Gasteiger partial charge in [0.15, 0.2) is 0 Å². The third kappa shape index (κ3) is 5.43. The molecule has 16 heavy (non-hydrogen) atoms. The lowest BCUT2D eigenvalue weighted by atomic mass is 9.92. The average Bonchev–Trinajstić information content (AvgIpc) is 2.78. The largest absolute Gasteiger partial charge is 0.459 e. The van der Waals surface area contributed by atoms with E-state index in [1.54, 1.807) is 12.5 Å². The van der Waals surface area contributed by atoms with Gasteiger partial charge in [-0.2, -0.15) is 0 Å². The summed E-state index contributed by atoms with van der Waals surface area (Å²) in [6.45, 7) is 4.52. The first-order chi connectivity index (χ1) is 7.86. The Morgan fingerprint density at radius 1 is 0.938 bits per heavy atom. The fourth-order valence-corrected chi connectivity index (χ4v) is 2.21. The average molecular weight is 226 g/mol. The Morgan fingerprint density at radius 3 is 2.19 bits per heavy atom. The number of hydrogen-bond acceptors (Lipinski definition) is 2. The fraction of sp³-hybridized carbons (Fsp3) is 0.857. The van der Waals surface area contributed by atoms with Gasteiger partial charge >= 0.3 is 0 Å². The zero-order chi connectivity index (χ0) is 11.6. The molecule has 0 radical (unpaired) electrons. The van der Waals surface area contributed by atoms with E-state index in [4.69, 9.17) is 9.47 Å². The molecule has 0 saturated heterocycles. The van der Waals surface area contributed by atoms with Crippen molar-refractivity contribution in [3.8, 4) is 0 Å². The molecule has 2 nitrogen and oxygen atoms in total. The maximum absolute atomic E-state index is 5.37. The van der Waals surface area contributed by atoms with Gasteiger partial charge in [-0.1, -0.05) is 58.8 Å². The molecule has 1 rings (SSSR count). The van der Waals surface area contributed by atoms with Crippen LogP contribution < -0.4 is 0 Å². The summed E-state index contributed by atoms with van der Waals surface area (Å²) in [5.74, 6) is 0.774. The van der Waals surface area contributed by atoms with E-state index in [2.05, 4.69) is 13.8 Å². The summed E-state index contributed by atoms with van der Waals surface area (Å²) in [5.41, 5.74) is 0. The third-order valence-corrected chi connectivity index (χ3v) is 3.22. The van der Waals surface area contributed by atoms with Gasteiger partial charge in [-0.15, -0.1) is 0 Å². The summed E-state index contributed by atoms with van der Waals surface area (Å²) >= 11 is 0. The number of ether oxygens (including phenoxy) is 2. The van der Waals surface area contributed by atoms with E-state index in [-0.39, 0.29) is 6.29 Å². The van der Waals surface area contributed by atoms with Gasteiger partial charge in [-0.05, 0) is 5.92 Å². The lowest BCUT2D eigenvalue weighted by molar-refractivity contribution is -0.0409. The van der Waals surface area contributed by atoms with E-state index in [9.17, 15) is 0 Å². The Labute approximate surface area is 100 Å². The van der Waals surface area contributed by atoms with E-state index >= 15 is 0 Å². The lowest BCUT2D eigenvalue weighted by Gasteiger charge is -2.19. The quantitative estimate of drug-likeness (QED) is 0.535. The molecule has 1 heterocycles. The molecule has 2 heteroatoms. The van der Waals surface area contributed by atoms with Gasteiger partial charge in [0.2, 0.25) is 6.29 Å². The first-order valence-corrected chi connectivity index (χ1v) is 6.82. The normalized spacial score (nSPS) is 17.1. The summed E-state index contributed by atoms with van der Waals surface area (Å²) in [5, 5.41) is 0. The van der Waals surface area contributed by atoms with Gasteiger partial charge in [0.05, 0.1) is 0 Å². The van der Waals surface area contributed by atoms with E-state index in [0.717, 1.165) is 12.3 Å². The molecule has 0 bridgehead atoms. The van der Waals surface area contributed by atoms with Gasteiger partial charge in [0.25, 0.3) is 0 Å². The van der Waals surface area contributed by atoms with Crippen molar-refractivity contribution in [3.63, 3.8) is 0 Å². The first kappa shape index (κ1) is 13.4. The van der Waals surface area contributed by atoms with Crippen LogP contribution in [-0.4, -0.2) is 6.29 Å². The van der Waals surface area contributed by atoms with Gasteiger partial charge in [0, 0.05) is 6.42 Å². The Kier molecular flexibility index (Phi) is 7.11. The molecule has 0 amide bonds. The number of unbranched alkanes of at least 4 members (excludes halogenated alkanes) is 3. The van der Waals surface area contributed by atoms with Crippen LogP contribution in [0.3, 0.4) is 0 Å². The van der Waals surface area contributed by atoms with E-state index in [1.807, 2.05) is 0 Å². The van der Waals surface area contributed by atoms with E-state index in [0.29, 0.717) is 0 Å². The molecule has 0 fully saturated rings. The molecule has 94 valence electrons. The summed E-state index contributed by atoms with van der Waals surface area (Å²) in [6, 6.07) is 0. The van der Waals surface area contributed by atoms with Gasteiger partial charge in [-0.3, -0.25) is 0 Å². The van der Waals surface area contributed by atoms with Crippen LogP contribution in [-0.2, 0) is 9.47 Å². The van der Waals surface area contributed by atoms with Crippen LogP contribution in [0.25, 0.3) is 0 Å². The van der Waals surface area contributed by atoms with Crippen molar-refractivity contribution in [2.24, 2.45) is 5.92 Å². The molecule has 1 atom stereocenters. The molecule has 1 aliphatic rings. The zero-order valence-corrected chi connectivity index (χ0v) is 10.8. The molecule has 0 aromatic carbocycles. The van der Waals surface area contributed by atoms with Crippen LogP contribution in [0.5, 0.6) is 0 Å². The van der Waals surface area contributed by atoms with Crippen molar-refractivity contribution in [2.45, 2.75) is 71.5 Å². The van der Waals surface area contributed by atoms with Gasteiger partial charge in [0.1, 0.15) is 12.5 Å². The molecular weight excluding hydrogens is 200 g/mol. The first-order valence-electron chi connectivity index (χ1n) is 6.82. The Bertz CT molecular complexity index is 181. The highest BCUT2D eigenvalue weighted by atomic mass is 16.7. The molecule has 0 aromatic heterocycles. The van der Waals surface area contributed by atoms with Crippen molar-refractivity contribution in [3.05, 3.63) is 12.5 Å². The highest BCUT2D eigenvalue weighted by Gasteiger charge is 2.19.